The van der Waals surface area contributed by atoms with E-state index in [0.29, 0.717) is 25.6 Å². The van der Waals surface area contributed by atoms with E-state index in [2.05, 4.69) is 4.99 Å². The Kier molecular flexibility index (Phi) is 3.26. The predicted octanol–water partition coefficient (Wildman–Crippen LogP) is 1.29. The van der Waals surface area contributed by atoms with Gasteiger partial charge in [0.2, 0.25) is 6.19 Å². The Morgan fingerprint density at radius 1 is 1.53 bits per heavy atom. The quantitative estimate of drug-likeness (QED) is 0.582. The maximum Gasteiger partial charge on any atom is 0.207 e. The number of amidine groups is 1. The van der Waals surface area contributed by atoms with Crippen LogP contribution >= 0.6 is 0 Å². The summed E-state index contributed by atoms with van der Waals surface area (Å²) in [5, 5.41) is 8.66. The molecule has 1 aromatic carbocycles. The van der Waals surface area contributed by atoms with Crippen molar-refractivity contribution in [2.45, 2.75) is 6.92 Å². The van der Waals surface area contributed by atoms with E-state index in [1.807, 2.05) is 36.2 Å². The van der Waals surface area contributed by atoms with Gasteiger partial charge in [-0.3, -0.25) is 0 Å². The number of hydrogen-bond donors (Lipinski definition) is 1. The van der Waals surface area contributed by atoms with Gasteiger partial charge >= 0.3 is 0 Å². The zero-order valence-electron chi connectivity index (χ0n) is 9.68. The number of ether oxygens (including phenoxy) is 1. The van der Waals surface area contributed by atoms with Crippen LogP contribution in [0, 0.1) is 18.4 Å². The largest absolute Gasteiger partial charge is 0.399 e. The van der Waals surface area contributed by atoms with E-state index in [0.717, 1.165) is 16.9 Å². The Bertz CT molecular complexity index is 490. The van der Waals surface area contributed by atoms with Crippen LogP contribution in [0.15, 0.2) is 23.2 Å². The molecule has 0 bridgehead atoms. The SMILES string of the molecule is Cc1cc(N)ccc1N1CCOCC1=NC#N. The van der Waals surface area contributed by atoms with Gasteiger partial charge in [-0.2, -0.15) is 10.3 Å². The first kappa shape index (κ1) is 11.4. The minimum Gasteiger partial charge on any atom is -0.399 e. The fourth-order valence-corrected chi connectivity index (χ4v) is 1.92. The zero-order chi connectivity index (χ0) is 12.3. The van der Waals surface area contributed by atoms with Gasteiger partial charge in [0.1, 0.15) is 12.4 Å². The monoisotopic (exact) mass is 230 g/mol. The van der Waals surface area contributed by atoms with Crippen LogP contribution in [0.2, 0.25) is 0 Å². The predicted molar refractivity (Wildman–Crippen MR) is 66.8 cm³/mol. The van der Waals surface area contributed by atoms with Crippen molar-refractivity contribution in [3.63, 3.8) is 0 Å². The smallest absolute Gasteiger partial charge is 0.207 e. The molecule has 1 fully saturated rings. The van der Waals surface area contributed by atoms with Gasteiger partial charge in [-0.25, -0.2) is 0 Å². The van der Waals surface area contributed by atoms with Crippen molar-refractivity contribution in [2.75, 3.05) is 30.4 Å². The van der Waals surface area contributed by atoms with Gasteiger partial charge in [0.15, 0.2) is 0 Å². The first-order valence-electron chi connectivity index (χ1n) is 5.39. The minimum atomic E-state index is 0.372. The molecule has 1 aliphatic heterocycles. The molecule has 0 atom stereocenters. The first-order valence-corrected chi connectivity index (χ1v) is 5.39. The van der Waals surface area contributed by atoms with Gasteiger partial charge in [-0.1, -0.05) is 0 Å². The number of nitrogen functional groups attached to an aromatic ring is 1. The van der Waals surface area contributed by atoms with Gasteiger partial charge in [0.05, 0.1) is 6.61 Å². The van der Waals surface area contributed by atoms with Crippen molar-refractivity contribution < 1.29 is 4.74 Å². The molecule has 1 aliphatic rings. The van der Waals surface area contributed by atoms with Crippen LogP contribution in [-0.4, -0.2) is 25.6 Å². The average molecular weight is 230 g/mol. The Morgan fingerprint density at radius 3 is 3.06 bits per heavy atom. The van der Waals surface area contributed by atoms with E-state index < -0.39 is 0 Å². The average Bonchev–Trinajstić information content (AvgIpc) is 2.31. The summed E-state index contributed by atoms with van der Waals surface area (Å²) >= 11 is 0. The summed E-state index contributed by atoms with van der Waals surface area (Å²) in [6.45, 7) is 3.70. The van der Waals surface area contributed by atoms with Crippen LogP contribution in [0.1, 0.15) is 5.56 Å². The van der Waals surface area contributed by atoms with E-state index in [9.17, 15) is 0 Å². The van der Waals surface area contributed by atoms with E-state index >= 15 is 0 Å². The second kappa shape index (κ2) is 4.85. The summed E-state index contributed by atoms with van der Waals surface area (Å²) in [6.07, 6.45) is 1.81. The van der Waals surface area contributed by atoms with Crippen molar-refractivity contribution in [2.24, 2.45) is 4.99 Å². The lowest BCUT2D eigenvalue weighted by Crippen LogP contribution is -2.42. The lowest BCUT2D eigenvalue weighted by molar-refractivity contribution is 0.166. The van der Waals surface area contributed by atoms with Crippen LogP contribution in [0.5, 0.6) is 0 Å². The van der Waals surface area contributed by atoms with Crippen molar-refractivity contribution in [1.29, 1.82) is 5.26 Å². The molecule has 5 heteroatoms. The van der Waals surface area contributed by atoms with Gasteiger partial charge in [-0.05, 0) is 30.7 Å². The summed E-state index contributed by atoms with van der Waals surface area (Å²) in [5.74, 6) is 0.645. The highest BCUT2D eigenvalue weighted by Gasteiger charge is 2.20. The number of aliphatic imine (C=N–C) groups is 1. The van der Waals surface area contributed by atoms with Gasteiger partial charge in [-0.15, -0.1) is 0 Å². The van der Waals surface area contributed by atoms with Crippen molar-refractivity contribution in [1.82, 2.24) is 0 Å². The third-order valence-electron chi connectivity index (χ3n) is 2.69. The maximum atomic E-state index is 8.66. The summed E-state index contributed by atoms with van der Waals surface area (Å²) in [5.41, 5.74) is 8.55. The van der Waals surface area contributed by atoms with Crippen molar-refractivity contribution >= 4 is 17.2 Å². The third kappa shape index (κ3) is 2.37. The third-order valence-corrected chi connectivity index (χ3v) is 2.69. The molecule has 1 heterocycles. The molecular weight excluding hydrogens is 216 g/mol. The fourth-order valence-electron chi connectivity index (χ4n) is 1.92. The van der Waals surface area contributed by atoms with Crippen molar-refractivity contribution in [3.8, 4) is 6.19 Å². The lowest BCUT2D eigenvalue weighted by atomic mass is 10.1. The minimum absolute atomic E-state index is 0.372. The standard InChI is InChI=1S/C12H14N4O/c1-9-6-10(14)2-3-11(9)16-4-5-17-7-12(16)15-8-13/h2-3,6H,4-5,7,14H2,1H3. The molecule has 2 rings (SSSR count). The number of hydrogen-bond acceptors (Lipinski definition) is 4. The van der Waals surface area contributed by atoms with Gasteiger partial charge in [0, 0.05) is 17.9 Å². The van der Waals surface area contributed by atoms with Crippen LogP contribution in [0.3, 0.4) is 0 Å². The number of benzene rings is 1. The molecule has 0 spiro atoms. The zero-order valence-corrected chi connectivity index (χ0v) is 9.68. The highest BCUT2D eigenvalue weighted by atomic mass is 16.5. The normalized spacial score (nSPS) is 18.1. The molecule has 0 aliphatic carbocycles. The number of rotatable bonds is 1. The second-order valence-corrected chi connectivity index (χ2v) is 3.88. The Labute approximate surface area is 100 Å². The molecule has 5 nitrogen and oxygen atoms in total. The molecule has 1 saturated heterocycles. The van der Waals surface area contributed by atoms with Crippen LogP contribution < -0.4 is 10.6 Å². The summed E-state index contributed by atoms with van der Waals surface area (Å²) < 4.78 is 5.30. The van der Waals surface area contributed by atoms with Crippen molar-refractivity contribution in [3.05, 3.63) is 23.8 Å². The summed E-state index contributed by atoms with van der Waals surface area (Å²) in [6, 6.07) is 5.71. The van der Waals surface area contributed by atoms with Crippen LogP contribution in [0.25, 0.3) is 0 Å². The number of nitriles is 1. The highest BCUT2D eigenvalue weighted by Crippen LogP contribution is 2.23. The lowest BCUT2D eigenvalue weighted by Gasteiger charge is -2.30. The molecule has 2 N–H and O–H groups in total. The van der Waals surface area contributed by atoms with E-state index in [4.69, 9.17) is 15.7 Å². The summed E-state index contributed by atoms with van der Waals surface area (Å²) in [7, 11) is 0. The van der Waals surface area contributed by atoms with E-state index in [-0.39, 0.29) is 0 Å². The van der Waals surface area contributed by atoms with Gasteiger partial charge in [0.25, 0.3) is 0 Å². The molecule has 0 saturated carbocycles. The molecule has 0 aromatic heterocycles. The Hall–Kier alpha value is -2.06. The first-order chi connectivity index (χ1) is 8.22. The maximum absolute atomic E-state index is 8.66. The van der Waals surface area contributed by atoms with Gasteiger partial charge < -0.3 is 15.4 Å². The van der Waals surface area contributed by atoms with E-state index in [1.54, 1.807) is 0 Å². The Morgan fingerprint density at radius 2 is 2.35 bits per heavy atom. The molecule has 88 valence electrons. The van der Waals surface area contributed by atoms with Crippen LogP contribution in [-0.2, 0) is 4.74 Å². The number of aryl methyl sites for hydroxylation is 1. The Balaban J connectivity index is 2.37. The molecular formula is C12H14N4O. The number of nitrogens with two attached hydrogens (primary N) is 1. The topological polar surface area (TPSA) is 74.6 Å². The second-order valence-electron chi connectivity index (χ2n) is 3.88. The number of anilines is 2. The fraction of sp³-hybridized carbons (Fsp3) is 0.333. The summed E-state index contributed by atoms with van der Waals surface area (Å²) in [4.78, 5) is 5.80. The highest BCUT2D eigenvalue weighted by molar-refractivity contribution is 6.00. The number of nitrogens with zero attached hydrogens (tertiary/aromatic N) is 3. The van der Waals surface area contributed by atoms with Crippen LogP contribution in [0.4, 0.5) is 11.4 Å². The molecule has 1 aromatic rings. The molecule has 0 radical (unpaired) electrons. The number of morpholine rings is 1. The van der Waals surface area contributed by atoms with E-state index in [1.165, 1.54) is 0 Å². The molecule has 17 heavy (non-hydrogen) atoms. The molecule has 0 amide bonds. The molecule has 0 unspecified atom stereocenters.